The van der Waals surface area contributed by atoms with Gasteiger partial charge in [0.2, 0.25) is 0 Å². The van der Waals surface area contributed by atoms with Crippen LogP contribution >= 0.6 is 0 Å². The number of para-hydroxylation sites is 4. The normalized spacial score (nSPS) is 14.6. The lowest BCUT2D eigenvalue weighted by Gasteiger charge is -2.46. The highest BCUT2D eigenvalue weighted by atomic mass is 15.2. The lowest BCUT2D eigenvalue weighted by Crippen LogP contribution is -2.45. The molecule has 9 rings (SSSR count). The van der Waals surface area contributed by atoms with E-state index in [0.717, 1.165) is 0 Å². The number of hydrogen-bond acceptors (Lipinski definition) is 1. The van der Waals surface area contributed by atoms with Crippen molar-refractivity contribution in [1.82, 2.24) is 4.98 Å². The number of nitrogens with zero attached hydrogens (tertiary/aromatic N) is 1. The molecule has 1 aromatic heterocycles. The topological polar surface area (TPSA) is 19.0 Å². The van der Waals surface area contributed by atoms with Crippen LogP contribution < -0.4 is 15.8 Å². The van der Waals surface area contributed by atoms with Crippen molar-refractivity contribution in [2.75, 3.05) is 4.90 Å². The van der Waals surface area contributed by atoms with Gasteiger partial charge < -0.3 is 9.88 Å². The lowest BCUT2D eigenvalue weighted by atomic mass is 9.55. The van der Waals surface area contributed by atoms with Crippen LogP contribution in [0.4, 0.5) is 17.1 Å². The zero-order chi connectivity index (χ0) is 26.6. The highest BCUT2D eigenvalue weighted by Crippen LogP contribution is 2.52. The Morgan fingerprint density at radius 2 is 1.38 bits per heavy atom. The SMILES string of the molecule is CC1(C)c2ccccc2N2c3cc4ccccc4c(-c4cccc5c4[nH]c4ccccc45)c3[B]c3cccc1c32. The molecule has 7 aromatic rings. The quantitative estimate of drug-likeness (QED) is 0.221. The van der Waals surface area contributed by atoms with Crippen molar-refractivity contribution in [3.05, 3.63) is 126 Å². The second-order valence-electron chi connectivity index (χ2n) is 11.7. The molecule has 0 atom stereocenters. The number of anilines is 3. The minimum atomic E-state index is -0.0839. The van der Waals surface area contributed by atoms with Crippen molar-refractivity contribution in [3.8, 4) is 11.1 Å². The summed E-state index contributed by atoms with van der Waals surface area (Å²) in [5, 5.41) is 5.05. The Bertz CT molecular complexity index is 2190. The molecule has 0 bridgehead atoms. The van der Waals surface area contributed by atoms with E-state index in [4.69, 9.17) is 0 Å². The fourth-order valence-electron chi connectivity index (χ4n) is 7.35. The Hall–Kier alpha value is -4.76. The van der Waals surface area contributed by atoms with E-state index >= 15 is 0 Å². The Kier molecular flexibility index (Phi) is 4.24. The summed E-state index contributed by atoms with van der Waals surface area (Å²) in [6, 6.07) is 42.4. The van der Waals surface area contributed by atoms with Gasteiger partial charge in [0.05, 0.1) is 11.2 Å². The summed E-state index contributed by atoms with van der Waals surface area (Å²) in [4.78, 5) is 6.31. The Balaban J connectivity index is 1.43. The van der Waals surface area contributed by atoms with E-state index < -0.39 is 0 Å². The molecule has 40 heavy (non-hydrogen) atoms. The molecular weight excluding hydrogens is 483 g/mol. The van der Waals surface area contributed by atoms with Gasteiger partial charge in [-0.3, -0.25) is 0 Å². The van der Waals surface area contributed by atoms with Crippen LogP contribution in [0.1, 0.15) is 25.0 Å². The molecule has 1 radical (unpaired) electrons. The molecule has 2 aliphatic rings. The van der Waals surface area contributed by atoms with Crippen LogP contribution in [0.15, 0.2) is 115 Å². The predicted molar refractivity (Wildman–Crippen MR) is 171 cm³/mol. The van der Waals surface area contributed by atoms with E-state index in [1.165, 1.54) is 82.8 Å². The number of fused-ring (bicyclic) bond motifs is 8. The van der Waals surface area contributed by atoms with E-state index in [0.29, 0.717) is 0 Å². The third-order valence-electron chi connectivity index (χ3n) is 9.20. The van der Waals surface area contributed by atoms with Crippen molar-refractivity contribution in [2.45, 2.75) is 19.3 Å². The summed E-state index contributed by atoms with van der Waals surface area (Å²) < 4.78 is 0. The molecule has 6 aromatic carbocycles. The summed E-state index contributed by atoms with van der Waals surface area (Å²) in [6.07, 6.45) is 0. The van der Waals surface area contributed by atoms with Gasteiger partial charge in [0.15, 0.2) is 7.28 Å². The highest BCUT2D eigenvalue weighted by Gasteiger charge is 2.41. The first-order valence-corrected chi connectivity index (χ1v) is 14.0. The standard InChI is InChI=1S/C37H26BN2/c1-37(2)27-16-6-8-20-31(27)40-32-21-22-11-3-4-12-23(22)33(34(32)38-29-18-10-17-28(37)36(29)40)26-15-9-14-25-24-13-5-7-19-30(24)39-35(25)26/h3-21,39H,1-2H3. The number of benzene rings is 6. The largest absolute Gasteiger partial charge is 0.354 e. The highest BCUT2D eigenvalue weighted by molar-refractivity contribution is 6.74. The van der Waals surface area contributed by atoms with Gasteiger partial charge in [-0.05, 0) is 51.1 Å². The van der Waals surface area contributed by atoms with Crippen LogP contribution in [0, 0.1) is 0 Å². The summed E-state index contributed by atoms with van der Waals surface area (Å²) in [7, 11) is 2.43. The van der Waals surface area contributed by atoms with Crippen LogP contribution in [0.25, 0.3) is 43.7 Å². The second-order valence-corrected chi connectivity index (χ2v) is 11.7. The summed E-state index contributed by atoms with van der Waals surface area (Å²) >= 11 is 0. The van der Waals surface area contributed by atoms with Crippen molar-refractivity contribution < 1.29 is 0 Å². The van der Waals surface area contributed by atoms with Gasteiger partial charge in [-0.25, -0.2) is 0 Å². The van der Waals surface area contributed by atoms with Gasteiger partial charge in [0.1, 0.15) is 0 Å². The van der Waals surface area contributed by atoms with Crippen LogP contribution in [0.2, 0.25) is 0 Å². The monoisotopic (exact) mass is 509 g/mol. The van der Waals surface area contributed by atoms with E-state index in [9.17, 15) is 0 Å². The molecule has 0 spiro atoms. The Morgan fingerprint density at radius 1 is 0.650 bits per heavy atom. The van der Waals surface area contributed by atoms with Gasteiger partial charge in [-0.15, -0.1) is 0 Å². The molecule has 0 amide bonds. The lowest BCUT2D eigenvalue weighted by molar-refractivity contribution is 0.632. The third kappa shape index (κ3) is 2.74. The number of rotatable bonds is 1. The molecular formula is C37H26BN2. The zero-order valence-corrected chi connectivity index (χ0v) is 22.5. The first kappa shape index (κ1) is 22.1. The third-order valence-corrected chi connectivity index (χ3v) is 9.20. The Labute approximate surface area is 234 Å². The molecule has 0 aliphatic carbocycles. The molecule has 0 unspecified atom stereocenters. The van der Waals surface area contributed by atoms with E-state index in [1.807, 2.05) is 0 Å². The van der Waals surface area contributed by atoms with Gasteiger partial charge in [0.25, 0.3) is 0 Å². The first-order valence-electron chi connectivity index (χ1n) is 14.0. The van der Waals surface area contributed by atoms with E-state index in [1.54, 1.807) is 0 Å². The van der Waals surface area contributed by atoms with Crippen molar-refractivity contribution in [1.29, 1.82) is 0 Å². The van der Waals surface area contributed by atoms with Gasteiger partial charge >= 0.3 is 0 Å². The number of hydrogen-bond donors (Lipinski definition) is 1. The summed E-state index contributed by atoms with van der Waals surface area (Å²) in [5.41, 5.74) is 13.9. The van der Waals surface area contributed by atoms with Crippen LogP contribution in [0.3, 0.4) is 0 Å². The molecule has 0 saturated carbocycles. The molecule has 0 saturated heterocycles. The maximum absolute atomic E-state index is 3.78. The minimum absolute atomic E-state index is 0.0839. The smallest absolute Gasteiger partial charge is 0.197 e. The molecule has 2 aliphatic heterocycles. The molecule has 1 N–H and O–H groups in total. The van der Waals surface area contributed by atoms with Gasteiger partial charge in [-0.2, -0.15) is 0 Å². The Morgan fingerprint density at radius 3 is 2.30 bits per heavy atom. The molecule has 2 nitrogen and oxygen atoms in total. The van der Waals surface area contributed by atoms with E-state index in [2.05, 4.69) is 146 Å². The number of aromatic amines is 1. The van der Waals surface area contributed by atoms with E-state index in [-0.39, 0.29) is 5.41 Å². The van der Waals surface area contributed by atoms with Crippen molar-refractivity contribution in [2.24, 2.45) is 0 Å². The molecule has 187 valence electrons. The fourth-order valence-corrected chi connectivity index (χ4v) is 7.35. The summed E-state index contributed by atoms with van der Waals surface area (Å²) in [5.74, 6) is 0. The number of nitrogens with one attached hydrogen (secondary N) is 1. The molecule has 3 heteroatoms. The zero-order valence-electron chi connectivity index (χ0n) is 22.5. The van der Waals surface area contributed by atoms with Crippen LogP contribution in [0.5, 0.6) is 0 Å². The van der Waals surface area contributed by atoms with Crippen LogP contribution in [-0.2, 0) is 5.41 Å². The van der Waals surface area contributed by atoms with Crippen LogP contribution in [-0.4, -0.2) is 12.3 Å². The average Bonchev–Trinajstić information content (AvgIpc) is 3.37. The van der Waals surface area contributed by atoms with Gasteiger partial charge in [-0.1, -0.05) is 116 Å². The maximum Gasteiger partial charge on any atom is 0.197 e. The van der Waals surface area contributed by atoms with Crippen molar-refractivity contribution >= 4 is 67.8 Å². The summed E-state index contributed by atoms with van der Waals surface area (Å²) in [6.45, 7) is 4.72. The minimum Gasteiger partial charge on any atom is -0.354 e. The van der Waals surface area contributed by atoms with Crippen molar-refractivity contribution in [3.63, 3.8) is 0 Å². The second kappa shape index (κ2) is 7.67. The fraction of sp³-hybridized carbons (Fsp3) is 0.0811. The molecule has 3 heterocycles. The van der Waals surface area contributed by atoms with Gasteiger partial charge in [0, 0.05) is 38.6 Å². The predicted octanol–water partition coefficient (Wildman–Crippen LogP) is 8.22. The maximum atomic E-state index is 3.78. The average molecular weight is 509 g/mol. The molecule has 0 fully saturated rings. The number of H-pyrrole nitrogens is 1. The first-order chi connectivity index (χ1) is 19.6. The number of aromatic nitrogens is 1.